The molecular formula is C6H13LiO. The van der Waals surface area contributed by atoms with Crippen molar-refractivity contribution in [3.8, 4) is 0 Å². The van der Waals surface area contributed by atoms with Gasteiger partial charge in [0, 0.05) is 0 Å². The van der Waals surface area contributed by atoms with Crippen molar-refractivity contribution in [2.24, 2.45) is 0 Å². The Morgan fingerprint density at radius 1 is 1.00 bits per heavy atom. The number of aliphatic hydroxyl groups is 1. The van der Waals surface area contributed by atoms with Crippen LogP contribution in [-0.2, 0) is 0 Å². The summed E-state index contributed by atoms with van der Waals surface area (Å²) in [6.07, 6.45) is 5.92. The van der Waals surface area contributed by atoms with Crippen molar-refractivity contribution in [1.82, 2.24) is 0 Å². The van der Waals surface area contributed by atoms with Gasteiger partial charge in [-0.15, -0.1) is 0 Å². The molecule has 0 spiro atoms. The van der Waals surface area contributed by atoms with Crippen LogP contribution in [-0.4, -0.2) is 30.1 Å². The maximum absolute atomic E-state index is 8.91. The standard InChI is InChI=1S/C6H12O.Li.H/c7-6-4-2-1-3-5-6;;/h6-7H,1-5H2;;. The van der Waals surface area contributed by atoms with Crippen molar-refractivity contribution in [3.63, 3.8) is 0 Å². The summed E-state index contributed by atoms with van der Waals surface area (Å²) < 4.78 is 0. The number of aliphatic hydroxyl groups excluding tert-OH is 1. The molecule has 0 atom stereocenters. The first-order valence-electron chi connectivity index (χ1n) is 3.07. The molecule has 0 radical (unpaired) electrons. The molecule has 44 valence electrons. The topological polar surface area (TPSA) is 20.2 Å². The van der Waals surface area contributed by atoms with Crippen LogP contribution in [0, 0.1) is 0 Å². The predicted molar refractivity (Wildman–Crippen MR) is 36.2 cm³/mol. The van der Waals surface area contributed by atoms with Crippen molar-refractivity contribution in [3.05, 3.63) is 0 Å². The average Bonchev–Trinajstić information content (AvgIpc) is 1.69. The molecule has 1 N–H and O–H groups in total. The molecule has 0 heterocycles. The Hall–Kier alpha value is 0.557. The molecule has 1 fully saturated rings. The van der Waals surface area contributed by atoms with E-state index in [-0.39, 0.29) is 25.0 Å². The summed E-state index contributed by atoms with van der Waals surface area (Å²) in [6, 6.07) is 0. The maximum atomic E-state index is 8.91. The van der Waals surface area contributed by atoms with E-state index >= 15 is 0 Å². The van der Waals surface area contributed by atoms with Crippen LogP contribution in [0.25, 0.3) is 0 Å². The fourth-order valence-electron chi connectivity index (χ4n) is 1.08. The van der Waals surface area contributed by atoms with Gasteiger partial charge in [0.15, 0.2) is 0 Å². The molecule has 0 aromatic rings. The van der Waals surface area contributed by atoms with Gasteiger partial charge < -0.3 is 5.11 Å². The third-order valence-electron chi connectivity index (χ3n) is 1.57. The third kappa shape index (κ3) is 2.77. The van der Waals surface area contributed by atoms with Crippen LogP contribution in [0.1, 0.15) is 32.1 Å². The Bertz CT molecular complexity index is 50.5. The molecule has 1 aliphatic carbocycles. The number of hydrogen-bond donors (Lipinski definition) is 1. The Morgan fingerprint density at radius 2 is 1.50 bits per heavy atom. The van der Waals surface area contributed by atoms with Gasteiger partial charge in [-0.2, -0.15) is 0 Å². The summed E-state index contributed by atoms with van der Waals surface area (Å²) in [5.41, 5.74) is 0. The quantitative estimate of drug-likeness (QED) is 0.452. The normalized spacial score (nSPS) is 22.1. The molecule has 0 aromatic carbocycles. The molecule has 8 heavy (non-hydrogen) atoms. The number of rotatable bonds is 0. The second kappa shape index (κ2) is 4.44. The fourth-order valence-corrected chi connectivity index (χ4v) is 1.08. The minimum atomic E-state index is 0. The van der Waals surface area contributed by atoms with Crippen molar-refractivity contribution in [1.29, 1.82) is 0 Å². The van der Waals surface area contributed by atoms with Gasteiger partial charge in [-0.25, -0.2) is 0 Å². The van der Waals surface area contributed by atoms with Crippen LogP contribution in [0.5, 0.6) is 0 Å². The third-order valence-corrected chi connectivity index (χ3v) is 1.57. The average molecular weight is 108 g/mol. The molecule has 1 saturated carbocycles. The summed E-state index contributed by atoms with van der Waals surface area (Å²) in [6.45, 7) is 0. The van der Waals surface area contributed by atoms with Gasteiger partial charge in [0.05, 0.1) is 6.10 Å². The van der Waals surface area contributed by atoms with E-state index in [1.807, 2.05) is 0 Å². The molecule has 1 aliphatic rings. The summed E-state index contributed by atoms with van der Waals surface area (Å²) >= 11 is 0. The second-order valence-electron chi connectivity index (χ2n) is 2.29. The molecule has 0 aromatic heterocycles. The van der Waals surface area contributed by atoms with Gasteiger partial charge in [-0.1, -0.05) is 19.3 Å². The summed E-state index contributed by atoms with van der Waals surface area (Å²) in [5, 5.41) is 8.91. The first-order valence-corrected chi connectivity index (χ1v) is 3.07. The molecule has 0 unspecified atom stereocenters. The molecule has 1 rings (SSSR count). The number of hydrogen-bond acceptors (Lipinski definition) is 1. The summed E-state index contributed by atoms with van der Waals surface area (Å²) in [5.74, 6) is 0. The van der Waals surface area contributed by atoms with E-state index < -0.39 is 0 Å². The zero-order chi connectivity index (χ0) is 5.11. The van der Waals surface area contributed by atoms with Crippen molar-refractivity contribution in [2.75, 3.05) is 0 Å². The Kier molecular flexibility index (Phi) is 4.75. The second-order valence-corrected chi connectivity index (χ2v) is 2.29. The van der Waals surface area contributed by atoms with Crippen LogP contribution in [0.4, 0.5) is 0 Å². The van der Waals surface area contributed by atoms with Crippen LogP contribution < -0.4 is 0 Å². The zero-order valence-corrected chi connectivity index (χ0v) is 4.56. The van der Waals surface area contributed by atoms with Gasteiger partial charge in [-0.05, 0) is 12.8 Å². The minimum absolute atomic E-state index is 0. The van der Waals surface area contributed by atoms with Crippen LogP contribution >= 0.6 is 0 Å². The molecular weight excluding hydrogens is 95.0 g/mol. The molecule has 0 aliphatic heterocycles. The molecule has 0 amide bonds. The Labute approximate surface area is 62.6 Å². The van der Waals surface area contributed by atoms with Gasteiger partial charge in [0.1, 0.15) is 0 Å². The van der Waals surface area contributed by atoms with Crippen LogP contribution in [0.2, 0.25) is 0 Å². The zero-order valence-electron chi connectivity index (χ0n) is 4.56. The van der Waals surface area contributed by atoms with Crippen molar-refractivity contribution >= 4 is 18.9 Å². The summed E-state index contributed by atoms with van der Waals surface area (Å²) in [7, 11) is 0. The summed E-state index contributed by atoms with van der Waals surface area (Å²) in [4.78, 5) is 0. The van der Waals surface area contributed by atoms with Crippen LogP contribution in [0.15, 0.2) is 0 Å². The van der Waals surface area contributed by atoms with E-state index in [4.69, 9.17) is 5.11 Å². The Morgan fingerprint density at radius 3 is 1.75 bits per heavy atom. The Balaban J connectivity index is 0.000000490. The van der Waals surface area contributed by atoms with Gasteiger partial charge in [0.2, 0.25) is 0 Å². The van der Waals surface area contributed by atoms with Crippen LogP contribution in [0.3, 0.4) is 0 Å². The SMILES string of the molecule is OC1CCCCC1.[LiH]. The van der Waals surface area contributed by atoms with Crippen molar-refractivity contribution < 1.29 is 5.11 Å². The van der Waals surface area contributed by atoms with Gasteiger partial charge in [-0.3, -0.25) is 0 Å². The van der Waals surface area contributed by atoms with Gasteiger partial charge in [0.25, 0.3) is 0 Å². The van der Waals surface area contributed by atoms with E-state index in [1.54, 1.807) is 0 Å². The molecule has 0 saturated heterocycles. The van der Waals surface area contributed by atoms with E-state index in [1.165, 1.54) is 19.3 Å². The fraction of sp³-hybridized carbons (Fsp3) is 1.00. The van der Waals surface area contributed by atoms with E-state index in [9.17, 15) is 0 Å². The van der Waals surface area contributed by atoms with E-state index in [0.29, 0.717) is 0 Å². The predicted octanol–water partition coefficient (Wildman–Crippen LogP) is 0.663. The van der Waals surface area contributed by atoms with Gasteiger partial charge >= 0.3 is 18.9 Å². The van der Waals surface area contributed by atoms with E-state index in [2.05, 4.69) is 0 Å². The van der Waals surface area contributed by atoms with Crippen molar-refractivity contribution in [2.45, 2.75) is 38.2 Å². The molecule has 2 heteroatoms. The molecule has 0 bridgehead atoms. The molecule has 1 nitrogen and oxygen atoms in total. The first-order chi connectivity index (χ1) is 3.39. The monoisotopic (exact) mass is 108 g/mol. The van der Waals surface area contributed by atoms with E-state index in [0.717, 1.165) is 12.8 Å². The first kappa shape index (κ1) is 8.56.